The topological polar surface area (TPSA) is 122 Å². The van der Waals surface area contributed by atoms with Gasteiger partial charge in [-0.3, -0.25) is 19.7 Å². The SMILES string of the molecule is CCOC(=O)N1CCN(C(=O)/C(=C/c2ccc([N+](=O)[O-])cc2)NC(=O)c2ccccc2)CC1. The Morgan fingerprint density at radius 1 is 1.00 bits per heavy atom. The summed E-state index contributed by atoms with van der Waals surface area (Å²) in [6.07, 6.45) is 1.05. The molecule has 1 aliphatic heterocycles. The van der Waals surface area contributed by atoms with Crippen molar-refractivity contribution in [3.8, 4) is 0 Å². The average Bonchev–Trinajstić information content (AvgIpc) is 2.84. The molecule has 0 atom stereocenters. The molecule has 33 heavy (non-hydrogen) atoms. The molecule has 3 amide bonds. The van der Waals surface area contributed by atoms with E-state index < -0.39 is 22.8 Å². The maximum atomic E-state index is 13.2. The average molecular weight is 452 g/mol. The molecular formula is C23H24N4O6. The third-order valence-corrected chi connectivity index (χ3v) is 5.02. The molecule has 1 saturated heterocycles. The number of hydrogen-bond donors (Lipinski definition) is 1. The fourth-order valence-corrected chi connectivity index (χ4v) is 3.27. The molecule has 10 heteroatoms. The van der Waals surface area contributed by atoms with Crippen LogP contribution in [0.1, 0.15) is 22.8 Å². The molecule has 0 aliphatic carbocycles. The second-order valence-electron chi connectivity index (χ2n) is 7.20. The van der Waals surface area contributed by atoms with E-state index in [0.29, 0.717) is 24.2 Å². The van der Waals surface area contributed by atoms with Gasteiger partial charge in [0.1, 0.15) is 5.70 Å². The number of rotatable bonds is 6. The summed E-state index contributed by atoms with van der Waals surface area (Å²) in [7, 11) is 0. The van der Waals surface area contributed by atoms with Crippen LogP contribution in [0.3, 0.4) is 0 Å². The molecule has 1 fully saturated rings. The van der Waals surface area contributed by atoms with Crippen molar-refractivity contribution in [1.82, 2.24) is 15.1 Å². The maximum absolute atomic E-state index is 13.2. The number of nitrogens with zero attached hydrogens (tertiary/aromatic N) is 3. The van der Waals surface area contributed by atoms with Crippen LogP contribution in [-0.4, -0.2) is 65.4 Å². The Hall–Kier alpha value is -4.21. The lowest BCUT2D eigenvalue weighted by Gasteiger charge is -2.34. The van der Waals surface area contributed by atoms with Gasteiger partial charge in [0.15, 0.2) is 0 Å². The van der Waals surface area contributed by atoms with E-state index in [1.807, 2.05) is 0 Å². The molecule has 0 spiro atoms. The van der Waals surface area contributed by atoms with E-state index in [2.05, 4.69) is 5.32 Å². The molecule has 0 unspecified atom stereocenters. The number of nitrogens with one attached hydrogen (secondary N) is 1. The lowest BCUT2D eigenvalue weighted by atomic mass is 10.1. The standard InChI is InChI=1S/C23H24N4O6/c1-2-33-23(30)26-14-12-25(13-15-26)22(29)20(24-21(28)18-6-4-3-5-7-18)16-17-8-10-19(11-9-17)27(31)32/h3-11,16H,2,12-15H2,1H3,(H,24,28)/b20-16-. The van der Waals surface area contributed by atoms with Crippen molar-refractivity contribution >= 4 is 29.7 Å². The van der Waals surface area contributed by atoms with Gasteiger partial charge in [-0.25, -0.2) is 4.79 Å². The molecular weight excluding hydrogens is 428 g/mol. The van der Waals surface area contributed by atoms with Crippen molar-refractivity contribution in [3.05, 3.63) is 81.5 Å². The lowest BCUT2D eigenvalue weighted by Crippen LogP contribution is -2.52. The number of amides is 3. The van der Waals surface area contributed by atoms with Crippen LogP contribution in [-0.2, 0) is 9.53 Å². The first kappa shape index (κ1) is 23.5. The van der Waals surface area contributed by atoms with Gasteiger partial charge in [-0.05, 0) is 42.8 Å². The molecule has 2 aromatic rings. The molecule has 3 rings (SSSR count). The van der Waals surface area contributed by atoms with Crippen LogP contribution in [0.5, 0.6) is 0 Å². The van der Waals surface area contributed by atoms with E-state index >= 15 is 0 Å². The quantitative estimate of drug-likeness (QED) is 0.408. The minimum atomic E-state index is -0.514. The van der Waals surface area contributed by atoms with Crippen LogP contribution in [0.15, 0.2) is 60.3 Å². The fourth-order valence-electron chi connectivity index (χ4n) is 3.27. The summed E-state index contributed by atoms with van der Waals surface area (Å²) in [6, 6.07) is 14.1. The summed E-state index contributed by atoms with van der Waals surface area (Å²) >= 11 is 0. The normalized spacial score (nSPS) is 13.9. The lowest BCUT2D eigenvalue weighted by molar-refractivity contribution is -0.384. The van der Waals surface area contributed by atoms with Gasteiger partial charge in [-0.15, -0.1) is 0 Å². The van der Waals surface area contributed by atoms with Crippen molar-refractivity contribution < 1.29 is 24.0 Å². The molecule has 1 aliphatic rings. The minimum absolute atomic E-state index is 0.0299. The summed E-state index contributed by atoms with van der Waals surface area (Å²) in [5.41, 5.74) is 0.847. The van der Waals surface area contributed by atoms with Gasteiger partial charge in [-0.2, -0.15) is 0 Å². The monoisotopic (exact) mass is 452 g/mol. The van der Waals surface area contributed by atoms with Crippen molar-refractivity contribution in [2.75, 3.05) is 32.8 Å². The summed E-state index contributed by atoms with van der Waals surface area (Å²) in [4.78, 5) is 51.3. The molecule has 0 bridgehead atoms. The number of carbonyl (C=O) groups excluding carboxylic acids is 3. The number of hydrogen-bond acceptors (Lipinski definition) is 6. The van der Waals surface area contributed by atoms with Gasteiger partial charge in [-0.1, -0.05) is 18.2 Å². The highest BCUT2D eigenvalue weighted by atomic mass is 16.6. The highest BCUT2D eigenvalue weighted by Gasteiger charge is 2.27. The van der Waals surface area contributed by atoms with Crippen molar-refractivity contribution in [2.24, 2.45) is 0 Å². The van der Waals surface area contributed by atoms with Gasteiger partial charge < -0.3 is 19.9 Å². The van der Waals surface area contributed by atoms with E-state index in [0.717, 1.165) is 0 Å². The van der Waals surface area contributed by atoms with Gasteiger partial charge in [0.05, 0.1) is 11.5 Å². The van der Waals surface area contributed by atoms with Crippen molar-refractivity contribution in [2.45, 2.75) is 6.92 Å². The highest BCUT2D eigenvalue weighted by molar-refractivity contribution is 6.05. The number of benzene rings is 2. The first-order chi connectivity index (χ1) is 15.9. The van der Waals surface area contributed by atoms with Crippen LogP contribution in [0, 0.1) is 10.1 Å². The van der Waals surface area contributed by atoms with Gasteiger partial charge in [0.25, 0.3) is 17.5 Å². The molecule has 1 heterocycles. The summed E-state index contributed by atoms with van der Waals surface area (Å²) in [6.45, 7) is 3.16. The summed E-state index contributed by atoms with van der Waals surface area (Å²) in [5, 5.41) is 13.6. The van der Waals surface area contributed by atoms with Crippen molar-refractivity contribution in [3.63, 3.8) is 0 Å². The Morgan fingerprint density at radius 3 is 2.18 bits per heavy atom. The first-order valence-corrected chi connectivity index (χ1v) is 10.4. The highest BCUT2D eigenvalue weighted by Crippen LogP contribution is 2.16. The molecule has 1 N–H and O–H groups in total. The Morgan fingerprint density at radius 2 is 1.61 bits per heavy atom. The Balaban J connectivity index is 1.80. The second-order valence-corrected chi connectivity index (χ2v) is 7.20. The largest absolute Gasteiger partial charge is 0.450 e. The van der Waals surface area contributed by atoms with Crippen LogP contribution in [0.4, 0.5) is 10.5 Å². The predicted octanol–water partition coefficient (Wildman–Crippen LogP) is 2.67. The number of non-ortho nitro benzene ring substituents is 1. The molecule has 10 nitrogen and oxygen atoms in total. The van der Waals surface area contributed by atoms with Gasteiger partial charge in [0.2, 0.25) is 0 Å². The number of nitro benzene ring substituents is 1. The molecule has 0 radical (unpaired) electrons. The number of carbonyl (C=O) groups is 3. The van der Waals surface area contributed by atoms with Crippen LogP contribution >= 0.6 is 0 Å². The van der Waals surface area contributed by atoms with E-state index in [1.54, 1.807) is 37.3 Å². The Labute approximate surface area is 190 Å². The summed E-state index contributed by atoms with van der Waals surface area (Å²) < 4.78 is 5.00. The zero-order valence-electron chi connectivity index (χ0n) is 18.1. The molecule has 2 aromatic carbocycles. The minimum Gasteiger partial charge on any atom is -0.450 e. The fraction of sp³-hybridized carbons (Fsp3) is 0.261. The van der Waals surface area contributed by atoms with E-state index in [1.165, 1.54) is 40.1 Å². The van der Waals surface area contributed by atoms with Gasteiger partial charge in [0, 0.05) is 43.9 Å². The number of ether oxygens (including phenoxy) is 1. The first-order valence-electron chi connectivity index (χ1n) is 10.4. The van der Waals surface area contributed by atoms with E-state index in [9.17, 15) is 24.5 Å². The second kappa shape index (κ2) is 10.9. The molecule has 0 aromatic heterocycles. The number of nitro groups is 1. The molecule has 0 saturated carbocycles. The third-order valence-electron chi connectivity index (χ3n) is 5.02. The van der Waals surface area contributed by atoms with E-state index in [4.69, 9.17) is 4.74 Å². The van der Waals surface area contributed by atoms with Gasteiger partial charge >= 0.3 is 6.09 Å². The zero-order chi connectivity index (χ0) is 23.8. The summed E-state index contributed by atoms with van der Waals surface area (Å²) in [5.74, 6) is -0.872. The smallest absolute Gasteiger partial charge is 0.409 e. The Kier molecular flexibility index (Phi) is 7.74. The van der Waals surface area contributed by atoms with Crippen molar-refractivity contribution in [1.29, 1.82) is 0 Å². The third kappa shape index (κ3) is 6.16. The van der Waals surface area contributed by atoms with Crippen LogP contribution < -0.4 is 5.32 Å². The van der Waals surface area contributed by atoms with Crippen LogP contribution in [0.2, 0.25) is 0 Å². The Bertz CT molecular complexity index is 1040. The van der Waals surface area contributed by atoms with Crippen LogP contribution in [0.25, 0.3) is 6.08 Å². The molecule has 172 valence electrons. The number of piperazine rings is 1. The van der Waals surface area contributed by atoms with E-state index in [-0.39, 0.29) is 31.1 Å². The maximum Gasteiger partial charge on any atom is 0.409 e. The zero-order valence-corrected chi connectivity index (χ0v) is 18.1. The predicted molar refractivity (Wildman–Crippen MR) is 120 cm³/mol.